The molecule has 0 spiro atoms. The molecule has 6 nitrogen and oxygen atoms in total. The van der Waals surface area contributed by atoms with Crippen LogP contribution >= 0.6 is 0 Å². The molecule has 1 aromatic heterocycles. The van der Waals surface area contributed by atoms with Gasteiger partial charge < -0.3 is 10.2 Å². The van der Waals surface area contributed by atoms with Crippen molar-refractivity contribution < 1.29 is 14.6 Å². The summed E-state index contributed by atoms with van der Waals surface area (Å²) in [5.41, 5.74) is -0.216. The molecule has 2 heterocycles. The van der Waals surface area contributed by atoms with Crippen molar-refractivity contribution in [1.29, 1.82) is 0 Å². The standard InChI is InChI=1S/C18H28N4O2/c1-18(2,3)20-16(23)8-6-9-17(24)22-13-11-21(12-14-22)15-7-4-5-10-19-15/h4-5,7,10H,6,8-9,11-14H2,1-3H3,(H,20,23)/p+1. The second-order valence-corrected chi connectivity index (χ2v) is 7.27. The number of pyridine rings is 1. The lowest BCUT2D eigenvalue weighted by Crippen LogP contribution is -2.50. The Morgan fingerprint density at radius 1 is 1.12 bits per heavy atom. The van der Waals surface area contributed by atoms with Crippen LogP contribution in [0.3, 0.4) is 0 Å². The van der Waals surface area contributed by atoms with Gasteiger partial charge in [0.2, 0.25) is 11.8 Å². The minimum atomic E-state index is -0.216. The number of carbonyl (C=O) groups is 2. The van der Waals surface area contributed by atoms with Gasteiger partial charge in [0.25, 0.3) is 5.82 Å². The first kappa shape index (κ1) is 18.2. The molecule has 0 unspecified atom stereocenters. The second kappa shape index (κ2) is 8.13. The normalized spacial score (nSPS) is 15.3. The zero-order valence-corrected chi connectivity index (χ0v) is 15.0. The van der Waals surface area contributed by atoms with E-state index < -0.39 is 0 Å². The smallest absolute Gasteiger partial charge is 0.274 e. The summed E-state index contributed by atoms with van der Waals surface area (Å²) in [4.78, 5) is 31.4. The third-order valence-electron chi connectivity index (χ3n) is 3.97. The van der Waals surface area contributed by atoms with Crippen LogP contribution in [0.1, 0.15) is 40.0 Å². The number of rotatable bonds is 5. The molecule has 1 aromatic rings. The fourth-order valence-electron chi connectivity index (χ4n) is 2.82. The van der Waals surface area contributed by atoms with E-state index in [9.17, 15) is 9.59 Å². The molecule has 0 aliphatic carbocycles. The van der Waals surface area contributed by atoms with Crippen LogP contribution in [0.15, 0.2) is 24.4 Å². The number of nitrogens with zero attached hydrogens (tertiary/aromatic N) is 2. The lowest BCUT2D eigenvalue weighted by atomic mass is 10.1. The number of amides is 2. The van der Waals surface area contributed by atoms with Gasteiger partial charge >= 0.3 is 0 Å². The van der Waals surface area contributed by atoms with Crippen LogP contribution in [0.2, 0.25) is 0 Å². The van der Waals surface area contributed by atoms with Gasteiger partial charge in [0.15, 0.2) is 0 Å². The third kappa shape index (κ3) is 5.83. The van der Waals surface area contributed by atoms with Gasteiger partial charge in [-0.25, -0.2) is 4.98 Å². The van der Waals surface area contributed by atoms with Gasteiger partial charge in [-0.1, -0.05) is 6.07 Å². The molecule has 1 saturated heterocycles. The van der Waals surface area contributed by atoms with E-state index >= 15 is 0 Å². The molecule has 24 heavy (non-hydrogen) atoms. The molecule has 132 valence electrons. The predicted molar refractivity (Wildman–Crippen MR) is 93.5 cm³/mol. The van der Waals surface area contributed by atoms with Gasteiger partial charge in [-0.2, -0.15) is 0 Å². The van der Waals surface area contributed by atoms with E-state index in [1.54, 1.807) is 0 Å². The van der Waals surface area contributed by atoms with Crippen molar-refractivity contribution in [3.63, 3.8) is 0 Å². The number of aromatic nitrogens is 1. The minimum absolute atomic E-state index is 0.0136. The first-order valence-electron chi connectivity index (χ1n) is 8.65. The van der Waals surface area contributed by atoms with E-state index in [1.165, 1.54) is 0 Å². The summed E-state index contributed by atoms with van der Waals surface area (Å²) < 4.78 is 0. The molecule has 1 aliphatic heterocycles. The van der Waals surface area contributed by atoms with Gasteiger partial charge in [0.1, 0.15) is 13.1 Å². The summed E-state index contributed by atoms with van der Waals surface area (Å²) >= 11 is 0. The Morgan fingerprint density at radius 2 is 1.83 bits per heavy atom. The van der Waals surface area contributed by atoms with Crippen molar-refractivity contribution in [2.75, 3.05) is 31.1 Å². The van der Waals surface area contributed by atoms with Crippen molar-refractivity contribution in [3.05, 3.63) is 24.4 Å². The fourth-order valence-corrected chi connectivity index (χ4v) is 2.82. The molecule has 0 bridgehead atoms. The van der Waals surface area contributed by atoms with E-state index in [1.807, 2.05) is 50.1 Å². The number of H-pyrrole nitrogens is 1. The first-order chi connectivity index (χ1) is 11.3. The fraction of sp³-hybridized carbons (Fsp3) is 0.611. The monoisotopic (exact) mass is 333 g/mol. The Bertz CT molecular complexity index is 546. The summed E-state index contributed by atoms with van der Waals surface area (Å²) in [5.74, 6) is 1.25. The molecule has 0 aromatic carbocycles. The quantitative estimate of drug-likeness (QED) is 0.881. The van der Waals surface area contributed by atoms with Crippen LogP contribution in [-0.2, 0) is 9.59 Å². The van der Waals surface area contributed by atoms with Crippen molar-refractivity contribution in [1.82, 2.24) is 10.2 Å². The molecule has 2 rings (SSSR count). The third-order valence-corrected chi connectivity index (χ3v) is 3.97. The SMILES string of the molecule is CC(C)(C)NC(=O)CCCC(=O)N1CCN(c2cccc[nH+]2)CC1. The molecular formula is C18H29N4O2+. The molecule has 0 atom stereocenters. The van der Waals surface area contributed by atoms with Crippen LogP contribution in [0, 0.1) is 0 Å². The highest BCUT2D eigenvalue weighted by atomic mass is 16.2. The number of piperazine rings is 1. The molecule has 2 amide bonds. The lowest BCUT2D eigenvalue weighted by Gasteiger charge is -2.31. The Kier molecular flexibility index (Phi) is 6.17. The Labute approximate surface area is 144 Å². The van der Waals surface area contributed by atoms with E-state index in [2.05, 4.69) is 15.2 Å². The van der Waals surface area contributed by atoms with Crippen molar-refractivity contribution in [3.8, 4) is 0 Å². The summed E-state index contributed by atoms with van der Waals surface area (Å²) in [7, 11) is 0. The Hall–Kier alpha value is -2.11. The van der Waals surface area contributed by atoms with E-state index in [4.69, 9.17) is 0 Å². The van der Waals surface area contributed by atoms with Gasteiger partial charge in [-0.05, 0) is 33.3 Å². The maximum absolute atomic E-state index is 12.3. The summed E-state index contributed by atoms with van der Waals surface area (Å²) in [6, 6.07) is 6.01. The molecule has 0 radical (unpaired) electrons. The van der Waals surface area contributed by atoms with Crippen molar-refractivity contribution in [2.45, 2.75) is 45.6 Å². The molecule has 0 saturated carbocycles. The predicted octanol–water partition coefficient (Wildman–Crippen LogP) is 1.23. The van der Waals surface area contributed by atoms with Crippen LogP contribution in [0.5, 0.6) is 0 Å². The van der Waals surface area contributed by atoms with Crippen LogP contribution in [-0.4, -0.2) is 48.4 Å². The maximum Gasteiger partial charge on any atom is 0.274 e. The van der Waals surface area contributed by atoms with Crippen molar-refractivity contribution >= 4 is 17.6 Å². The van der Waals surface area contributed by atoms with Gasteiger partial charge in [-0.15, -0.1) is 0 Å². The van der Waals surface area contributed by atoms with E-state index in [0.717, 1.165) is 32.0 Å². The molecule has 2 N–H and O–H groups in total. The summed E-state index contributed by atoms with van der Waals surface area (Å²) in [6.07, 6.45) is 3.36. The molecule has 1 fully saturated rings. The lowest BCUT2D eigenvalue weighted by molar-refractivity contribution is -0.364. The highest BCUT2D eigenvalue weighted by Crippen LogP contribution is 2.11. The van der Waals surface area contributed by atoms with Gasteiger partial charge in [-0.3, -0.25) is 14.5 Å². The Morgan fingerprint density at radius 3 is 2.42 bits per heavy atom. The zero-order chi connectivity index (χ0) is 17.6. The maximum atomic E-state index is 12.3. The number of nitrogens with one attached hydrogen (secondary N) is 2. The summed E-state index contributed by atoms with van der Waals surface area (Å²) in [5, 5.41) is 2.92. The van der Waals surface area contributed by atoms with E-state index in [0.29, 0.717) is 19.3 Å². The topological polar surface area (TPSA) is 66.8 Å². The summed E-state index contributed by atoms with van der Waals surface area (Å²) in [6.45, 7) is 9.00. The van der Waals surface area contributed by atoms with Crippen LogP contribution in [0.25, 0.3) is 0 Å². The average Bonchev–Trinajstić information content (AvgIpc) is 2.54. The number of hydrogen-bond donors (Lipinski definition) is 1. The highest BCUT2D eigenvalue weighted by Gasteiger charge is 2.25. The largest absolute Gasteiger partial charge is 0.352 e. The van der Waals surface area contributed by atoms with Gasteiger partial charge in [0.05, 0.1) is 19.3 Å². The number of anilines is 1. The van der Waals surface area contributed by atoms with E-state index in [-0.39, 0.29) is 17.4 Å². The number of carbonyl (C=O) groups excluding carboxylic acids is 2. The zero-order valence-electron chi connectivity index (χ0n) is 15.0. The highest BCUT2D eigenvalue weighted by molar-refractivity contribution is 5.79. The van der Waals surface area contributed by atoms with Crippen molar-refractivity contribution in [2.24, 2.45) is 0 Å². The van der Waals surface area contributed by atoms with Crippen LogP contribution < -0.4 is 15.2 Å². The molecule has 1 aliphatic rings. The first-order valence-corrected chi connectivity index (χ1v) is 8.65. The minimum Gasteiger partial charge on any atom is -0.352 e. The Balaban J connectivity index is 1.69. The van der Waals surface area contributed by atoms with Crippen LogP contribution in [0.4, 0.5) is 5.82 Å². The second-order valence-electron chi connectivity index (χ2n) is 7.27. The van der Waals surface area contributed by atoms with Gasteiger partial charge in [0, 0.05) is 24.4 Å². The molecular weight excluding hydrogens is 304 g/mol. The number of hydrogen-bond acceptors (Lipinski definition) is 3. The number of aromatic amines is 1. The molecule has 6 heteroatoms. The average molecular weight is 333 g/mol.